The molecule has 0 unspecified atom stereocenters. The third kappa shape index (κ3) is 9.76. The van der Waals surface area contributed by atoms with Gasteiger partial charge in [-0.3, -0.25) is 9.89 Å². The van der Waals surface area contributed by atoms with E-state index in [0.29, 0.717) is 5.92 Å². The van der Waals surface area contributed by atoms with Gasteiger partial charge in [0.25, 0.3) is 0 Å². The highest BCUT2D eigenvalue weighted by atomic mass is 127. The molecule has 0 atom stereocenters. The molecule has 1 heterocycles. The average molecular weight is 494 g/mol. The van der Waals surface area contributed by atoms with E-state index >= 15 is 0 Å². The SMILES string of the molecule is CN=C(NCCCOCC1CCOCC1)NCCN(CC1CC1)C1CC1.I. The molecule has 1 aliphatic heterocycles. The van der Waals surface area contributed by atoms with Crippen molar-refractivity contribution in [2.75, 3.05) is 59.7 Å². The van der Waals surface area contributed by atoms with Crippen LogP contribution in [-0.4, -0.2) is 76.6 Å². The molecule has 2 saturated carbocycles. The van der Waals surface area contributed by atoms with Crippen LogP contribution in [-0.2, 0) is 9.47 Å². The molecule has 2 N–H and O–H groups in total. The summed E-state index contributed by atoms with van der Waals surface area (Å²) in [7, 11) is 1.85. The van der Waals surface area contributed by atoms with Crippen LogP contribution in [0.2, 0.25) is 0 Å². The highest BCUT2D eigenvalue weighted by molar-refractivity contribution is 14.0. The Balaban J connectivity index is 0.00000261. The number of nitrogens with zero attached hydrogens (tertiary/aromatic N) is 2. The molecular weight excluding hydrogens is 455 g/mol. The van der Waals surface area contributed by atoms with Crippen LogP contribution < -0.4 is 10.6 Å². The van der Waals surface area contributed by atoms with Gasteiger partial charge >= 0.3 is 0 Å². The van der Waals surface area contributed by atoms with Crippen molar-refractivity contribution in [1.29, 1.82) is 0 Å². The minimum atomic E-state index is 0. The average Bonchev–Trinajstić information content (AvgIpc) is 3.56. The van der Waals surface area contributed by atoms with Gasteiger partial charge in [0.05, 0.1) is 0 Å². The lowest BCUT2D eigenvalue weighted by Gasteiger charge is -2.22. The monoisotopic (exact) mass is 494 g/mol. The van der Waals surface area contributed by atoms with E-state index in [1.807, 2.05) is 7.05 Å². The van der Waals surface area contributed by atoms with Gasteiger partial charge in [-0.25, -0.2) is 0 Å². The van der Waals surface area contributed by atoms with Gasteiger partial charge in [-0.15, -0.1) is 24.0 Å². The summed E-state index contributed by atoms with van der Waals surface area (Å²) in [6, 6.07) is 0.861. The number of guanidine groups is 1. The number of nitrogens with one attached hydrogen (secondary N) is 2. The minimum Gasteiger partial charge on any atom is -0.381 e. The summed E-state index contributed by atoms with van der Waals surface area (Å²) in [5.74, 6) is 2.59. The fourth-order valence-corrected chi connectivity index (χ4v) is 3.58. The number of hydrogen-bond acceptors (Lipinski definition) is 4. The third-order valence-electron chi connectivity index (χ3n) is 5.62. The zero-order valence-corrected chi connectivity index (χ0v) is 19.3. The standard InChI is InChI=1S/C20H38N4O2.HI/c1-21-20(22-9-2-12-26-16-18-7-13-25-14-8-18)23-10-11-24(19-5-6-19)15-17-3-4-17;/h17-19H,2-16H2,1H3,(H2,21,22,23);1H. The molecule has 3 fully saturated rings. The summed E-state index contributed by atoms with van der Waals surface area (Å²) in [5.41, 5.74) is 0. The van der Waals surface area contributed by atoms with E-state index in [9.17, 15) is 0 Å². The molecule has 2 aliphatic carbocycles. The van der Waals surface area contributed by atoms with Gasteiger partial charge in [0.1, 0.15) is 0 Å². The highest BCUT2D eigenvalue weighted by Gasteiger charge is 2.33. The smallest absolute Gasteiger partial charge is 0.191 e. The quantitative estimate of drug-likeness (QED) is 0.189. The van der Waals surface area contributed by atoms with Crippen molar-refractivity contribution in [3.05, 3.63) is 0 Å². The lowest BCUT2D eigenvalue weighted by molar-refractivity contribution is 0.0203. The molecule has 0 aromatic heterocycles. The van der Waals surface area contributed by atoms with Gasteiger partial charge in [0.2, 0.25) is 0 Å². The number of rotatable bonds is 12. The molecule has 7 heteroatoms. The Bertz CT molecular complexity index is 424. The Morgan fingerprint density at radius 3 is 2.44 bits per heavy atom. The van der Waals surface area contributed by atoms with Crippen molar-refractivity contribution < 1.29 is 9.47 Å². The lowest BCUT2D eigenvalue weighted by atomic mass is 10.0. The van der Waals surface area contributed by atoms with Crippen LogP contribution >= 0.6 is 24.0 Å². The summed E-state index contributed by atoms with van der Waals surface area (Å²) in [6.45, 7) is 7.82. The van der Waals surface area contributed by atoms with E-state index in [2.05, 4.69) is 20.5 Å². The van der Waals surface area contributed by atoms with Crippen LogP contribution in [0.5, 0.6) is 0 Å². The maximum absolute atomic E-state index is 5.81. The molecular formula is C20H39IN4O2. The van der Waals surface area contributed by atoms with Gasteiger partial charge in [-0.05, 0) is 56.8 Å². The first-order valence-electron chi connectivity index (χ1n) is 10.7. The van der Waals surface area contributed by atoms with Gasteiger partial charge < -0.3 is 20.1 Å². The van der Waals surface area contributed by atoms with Crippen molar-refractivity contribution in [3.8, 4) is 0 Å². The summed E-state index contributed by atoms with van der Waals surface area (Å²) < 4.78 is 11.2. The molecule has 0 bridgehead atoms. The summed E-state index contributed by atoms with van der Waals surface area (Å²) >= 11 is 0. The second-order valence-corrected chi connectivity index (χ2v) is 8.08. The van der Waals surface area contributed by atoms with E-state index in [1.54, 1.807) is 0 Å². The number of halogens is 1. The molecule has 0 aromatic carbocycles. The van der Waals surface area contributed by atoms with Crippen molar-refractivity contribution in [1.82, 2.24) is 15.5 Å². The van der Waals surface area contributed by atoms with Crippen LogP contribution in [0, 0.1) is 11.8 Å². The van der Waals surface area contributed by atoms with Crippen molar-refractivity contribution in [2.45, 2.75) is 51.0 Å². The maximum Gasteiger partial charge on any atom is 0.191 e. The van der Waals surface area contributed by atoms with Crippen molar-refractivity contribution in [3.63, 3.8) is 0 Å². The number of ether oxygens (including phenoxy) is 2. The predicted molar refractivity (Wildman–Crippen MR) is 121 cm³/mol. The third-order valence-corrected chi connectivity index (χ3v) is 5.62. The largest absolute Gasteiger partial charge is 0.381 e. The van der Waals surface area contributed by atoms with Crippen LogP contribution in [0.3, 0.4) is 0 Å². The topological polar surface area (TPSA) is 58.1 Å². The summed E-state index contributed by atoms with van der Waals surface area (Å²) in [5, 5.41) is 6.86. The predicted octanol–water partition coefficient (Wildman–Crippen LogP) is 2.48. The normalized spacial score (nSPS) is 21.2. The van der Waals surface area contributed by atoms with Crippen LogP contribution in [0.15, 0.2) is 4.99 Å². The van der Waals surface area contributed by atoms with Gasteiger partial charge in [-0.1, -0.05) is 0 Å². The zero-order valence-electron chi connectivity index (χ0n) is 17.0. The molecule has 0 amide bonds. The van der Waals surface area contributed by atoms with E-state index in [0.717, 1.165) is 83.2 Å². The first-order valence-corrected chi connectivity index (χ1v) is 10.7. The Hall–Kier alpha value is -0.120. The summed E-state index contributed by atoms with van der Waals surface area (Å²) in [6.07, 6.45) is 8.98. The molecule has 0 aromatic rings. The lowest BCUT2D eigenvalue weighted by Crippen LogP contribution is -2.43. The Morgan fingerprint density at radius 2 is 1.78 bits per heavy atom. The van der Waals surface area contributed by atoms with Crippen LogP contribution in [0.1, 0.15) is 44.9 Å². The second kappa shape index (κ2) is 13.2. The van der Waals surface area contributed by atoms with E-state index in [1.165, 1.54) is 32.2 Å². The van der Waals surface area contributed by atoms with Gasteiger partial charge in [-0.2, -0.15) is 0 Å². The molecule has 3 rings (SSSR count). The van der Waals surface area contributed by atoms with Crippen molar-refractivity contribution in [2.24, 2.45) is 16.8 Å². The zero-order chi connectivity index (χ0) is 18.0. The van der Waals surface area contributed by atoms with Gasteiger partial charge in [0, 0.05) is 65.7 Å². The fraction of sp³-hybridized carbons (Fsp3) is 0.950. The molecule has 1 saturated heterocycles. The maximum atomic E-state index is 5.81. The van der Waals surface area contributed by atoms with Crippen molar-refractivity contribution >= 4 is 29.9 Å². The molecule has 0 spiro atoms. The molecule has 3 aliphatic rings. The Labute approximate surface area is 182 Å². The van der Waals surface area contributed by atoms with Crippen LogP contribution in [0.4, 0.5) is 0 Å². The number of hydrogen-bond donors (Lipinski definition) is 2. The number of aliphatic imine (C=N–C) groups is 1. The molecule has 6 nitrogen and oxygen atoms in total. The Morgan fingerprint density at radius 1 is 1.04 bits per heavy atom. The molecule has 158 valence electrons. The second-order valence-electron chi connectivity index (χ2n) is 8.08. The Kier molecular flexibility index (Phi) is 11.3. The summed E-state index contributed by atoms with van der Waals surface area (Å²) in [4.78, 5) is 7.01. The van der Waals surface area contributed by atoms with Crippen LogP contribution in [0.25, 0.3) is 0 Å². The first kappa shape index (κ1) is 23.2. The molecule has 27 heavy (non-hydrogen) atoms. The first-order chi connectivity index (χ1) is 12.8. The van der Waals surface area contributed by atoms with E-state index in [4.69, 9.17) is 9.47 Å². The van der Waals surface area contributed by atoms with E-state index < -0.39 is 0 Å². The highest BCUT2D eigenvalue weighted by Crippen LogP contribution is 2.34. The minimum absolute atomic E-state index is 0. The molecule has 0 radical (unpaired) electrons. The van der Waals surface area contributed by atoms with E-state index in [-0.39, 0.29) is 24.0 Å². The van der Waals surface area contributed by atoms with Gasteiger partial charge in [0.15, 0.2) is 5.96 Å². The fourth-order valence-electron chi connectivity index (χ4n) is 3.58.